The topological polar surface area (TPSA) is 346 Å². The Balaban J connectivity index is -0.00000797. The van der Waals surface area contributed by atoms with Crippen LogP contribution in [0.2, 0.25) is 0 Å². The zero-order valence-corrected chi connectivity index (χ0v) is 47.4. The molecule has 0 aromatic heterocycles. The van der Waals surface area contributed by atoms with Crippen LogP contribution in [0.5, 0.6) is 0 Å². The van der Waals surface area contributed by atoms with Crippen molar-refractivity contribution < 1.29 is 115 Å². The van der Waals surface area contributed by atoms with Gasteiger partial charge in [0.2, 0.25) is 23.6 Å². The van der Waals surface area contributed by atoms with Gasteiger partial charge in [0.15, 0.2) is 0 Å². The van der Waals surface area contributed by atoms with Crippen molar-refractivity contribution >= 4 is 65.2 Å². The number of aliphatic hydroxyl groups is 2. The minimum Gasteiger partial charge on any atom is -0.511 e. The minimum absolute atomic E-state index is 0. The summed E-state index contributed by atoms with van der Waals surface area (Å²) in [6.07, 6.45) is 14.8. The molecule has 0 aromatic rings. The Morgan fingerprint density at radius 1 is 0.635 bits per heavy atom. The zero-order valence-electron chi connectivity index (χ0n) is 43.8. The van der Waals surface area contributed by atoms with E-state index in [2.05, 4.69) is 34.8 Å². The standard InChI is InChI=1S/C47H81N4O16S.C3H7NO.Y/c1-36(41(55)30-38(31-52)47(62)63)34-68-35-45(59)49-22-21-48-43(57)32-67-29-27-65-25-23-50-44(58)33-66-28-26-64-24-15-16-39(54)19-20-40(37(2)53)51-42(56)17-13-11-9-7-5-3-4-6-8-10-12-14-18-46(60)61;1-3(4)2-5;/h36,38,40,52-53H,1-35H2,(H,48,57)(H,49,59)(H,50,58)(H,51,56)(H,60,61)(H,62,63);2-3H,4H2,1H3;/q-1;;/t36-,38-,40-;3-;/m00./s1. The SMILES string of the molecule is C=C(O)[C@H](CCC(=O)CCCOCCOCC(=O)NCCOCCOCC(=O)NCCNC(=O)CSC[C@H]([CH2-])C(=O)C[C@@H](CO)C(=O)O)NC(=O)CCCCCCCCCCCCCCC(=O)O.C[C@H](N)C=O.[Y]. The molecule has 0 rings (SSSR count). The smallest absolute Gasteiger partial charge is 0.309 e. The average molecular weight is 1150 g/mol. The van der Waals surface area contributed by atoms with Crippen molar-refractivity contribution in [3.8, 4) is 0 Å². The summed E-state index contributed by atoms with van der Waals surface area (Å²) in [6.45, 7) is 9.78. The summed E-state index contributed by atoms with van der Waals surface area (Å²) in [5.74, 6) is -5.41. The van der Waals surface area contributed by atoms with E-state index in [0.29, 0.717) is 25.7 Å². The van der Waals surface area contributed by atoms with Crippen molar-refractivity contribution in [3.05, 3.63) is 19.3 Å². The first-order chi connectivity index (χ1) is 34.9. The number of carboxylic acid groups (broad SMARTS) is 2. The maximum atomic E-state index is 12.4. The van der Waals surface area contributed by atoms with Crippen molar-refractivity contribution in [2.24, 2.45) is 17.6 Å². The quantitative estimate of drug-likeness (QED) is 0.0183. The zero-order chi connectivity index (χ0) is 54.9. The van der Waals surface area contributed by atoms with Crippen LogP contribution in [-0.4, -0.2) is 177 Å². The molecule has 22 nitrogen and oxygen atoms in total. The number of aliphatic carboxylic acids is 2. The molecule has 0 aliphatic rings. The Labute approximate surface area is 467 Å². The Morgan fingerprint density at radius 2 is 1.11 bits per heavy atom. The second-order valence-electron chi connectivity index (χ2n) is 17.4. The predicted octanol–water partition coefficient (Wildman–Crippen LogP) is 3.00. The monoisotopic (exact) mass is 1150 g/mol. The van der Waals surface area contributed by atoms with Crippen molar-refractivity contribution in [3.63, 3.8) is 0 Å². The number of ketones is 2. The molecule has 1 radical (unpaired) electrons. The van der Waals surface area contributed by atoms with E-state index < -0.39 is 42.2 Å². The third-order valence-electron chi connectivity index (χ3n) is 10.5. The molecule has 0 spiro atoms. The molecule has 4 amide bonds. The number of ether oxygens (including phenoxy) is 4. The van der Waals surface area contributed by atoms with Crippen LogP contribution >= 0.6 is 11.8 Å². The molecule has 4 atom stereocenters. The number of aldehydes is 1. The fourth-order valence-electron chi connectivity index (χ4n) is 6.34. The first-order valence-electron chi connectivity index (χ1n) is 25.4. The van der Waals surface area contributed by atoms with E-state index in [4.69, 9.17) is 40.0 Å². The van der Waals surface area contributed by atoms with Gasteiger partial charge in [-0.05, 0) is 38.4 Å². The normalized spacial score (nSPS) is 12.3. The van der Waals surface area contributed by atoms with Crippen LogP contribution in [0.1, 0.15) is 129 Å². The van der Waals surface area contributed by atoms with E-state index in [1.807, 2.05) is 0 Å². The molecule has 0 aliphatic heterocycles. The summed E-state index contributed by atoms with van der Waals surface area (Å²) in [5.41, 5.74) is 4.92. The molecule has 0 unspecified atom stereocenters. The van der Waals surface area contributed by atoms with Gasteiger partial charge in [0.1, 0.15) is 36.8 Å². The number of aliphatic hydroxyl groups excluding tert-OH is 2. The van der Waals surface area contributed by atoms with E-state index in [9.17, 15) is 48.3 Å². The third-order valence-corrected chi connectivity index (χ3v) is 11.6. The van der Waals surface area contributed by atoms with Crippen LogP contribution in [0, 0.1) is 18.8 Å². The number of nitrogens with one attached hydrogen (secondary N) is 4. The fraction of sp³-hybridized carbons (Fsp3) is 0.760. The van der Waals surface area contributed by atoms with Gasteiger partial charge in [-0.3, -0.25) is 33.6 Å². The minimum atomic E-state index is -1.26. The summed E-state index contributed by atoms with van der Waals surface area (Å²) in [7, 11) is 0. The van der Waals surface area contributed by atoms with Gasteiger partial charge < -0.3 is 82.9 Å². The summed E-state index contributed by atoms with van der Waals surface area (Å²) < 4.78 is 21.4. The van der Waals surface area contributed by atoms with Crippen LogP contribution in [0.4, 0.5) is 0 Å². The molecular weight excluding hydrogens is 1060 g/mol. The molecule has 425 valence electrons. The molecule has 10 N–H and O–H groups in total. The number of nitrogens with two attached hydrogens (primary N) is 1. The Morgan fingerprint density at radius 3 is 1.59 bits per heavy atom. The maximum Gasteiger partial charge on any atom is 0.309 e. The fourth-order valence-corrected chi connectivity index (χ4v) is 7.21. The summed E-state index contributed by atoms with van der Waals surface area (Å²) in [6, 6.07) is -0.976. The maximum absolute atomic E-state index is 12.4. The number of thioether (sulfide) groups is 1. The molecule has 0 saturated carbocycles. The second-order valence-corrected chi connectivity index (χ2v) is 18.4. The van der Waals surface area contributed by atoms with Crippen LogP contribution in [0.3, 0.4) is 0 Å². The van der Waals surface area contributed by atoms with Gasteiger partial charge in [-0.15, -0.1) is 5.92 Å². The molecule has 0 aromatic carbocycles. The summed E-state index contributed by atoms with van der Waals surface area (Å²) >= 11 is 1.16. The van der Waals surface area contributed by atoms with Gasteiger partial charge in [-0.1, -0.05) is 70.8 Å². The van der Waals surface area contributed by atoms with Gasteiger partial charge in [-0.2, -0.15) is 11.8 Å². The number of carbonyl (C=O) groups is 9. The van der Waals surface area contributed by atoms with Gasteiger partial charge in [0, 0.05) is 91.1 Å². The molecule has 0 fully saturated rings. The van der Waals surface area contributed by atoms with Crippen molar-refractivity contribution in [2.75, 3.05) is 90.6 Å². The number of unbranched alkanes of at least 4 members (excludes halogenated alkanes) is 11. The van der Waals surface area contributed by atoms with E-state index >= 15 is 0 Å². The molecule has 0 heterocycles. The molecule has 24 heteroatoms. The number of amides is 4. The number of hydrogen-bond donors (Lipinski definition) is 9. The average Bonchev–Trinajstić information content (AvgIpc) is 3.34. The Bertz CT molecular complexity index is 1560. The van der Waals surface area contributed by atoms with E-state index in [1.165, 1.54) is 25.7 Å². The van der Waals surface area contributed by atoms with Gasteiger partial charge in [0.05, 0.1) is 63.4 Å². The van der Waals surface area contributed by atoms with E-state index in [-0.39, 0.29) is 183 Å². The third kappa shape index (κ3) is 52.0. The molecule has 74 heavy (non-hydrogen) atoms. The van der Waals surface area contributed by atoms with Crippen LogP contribution in [-0.2, 0) is 94.8 Å². The number of hydrogen-bond acceptors (Lipinski definition) is 17. The second kappa shape index (κ2) is 53.0. The van der Waals surface area contributed by atoms with Gasteiger partial charge in [0.25, 0.3) is 0 Å². The summed E-state index contributed by atoms with van der Waals surface area (Å²) in [4.78, 5) is 104. The van der Waals surface area contributed by atoms with Crippen LogP contribution in [0.15, 0.2) is 12.3 Å². The Kier molecular flexibility index (Phi) is 53.6. The van der Waals surface area contributed by atoms with Gasteiger partial charge in [-0.25, -0.2) is 0 Å². The summed E-state index contributed by atoms with van der Waals surface area (Å²) in [5, 5.41) is 47.3. The van der Waals surface area contributed by atoms with E-state index in [0.717, 1.165) is 63.1 Å². The molecular formula is C50H88N5O17SY-. The van der Waals surface area contributed by atoms with Crippen LogP contribution < -0.4 is 27.0 Å². The molecule has 0 saturated heterocycles. The first-order valence-corrected chi connectivity index (χ1v) is 26.6. The number of carboxylic acids is 2. The Hall–Kier alpha value is -3.42. The van der Waals surface area contributed by atoms with E-state index in [1.54, 1.807) is 6.92 Å². The number of carbonyl (C=O) groups excluding carboxylic acids is 7. The van der Waals surface area contributed by atoms with Crippen molar-refractivity contribution in [1.82, 2.24) is 21.3 Å². The van der Waals surface area contributed by atoms with Crippen molar-refractivity contribution in [2.45, 2.75) is 141 Å². The van der Waals surface area contributed by atoms with Crippen LogP contribution in [0.25, 0.3) is 0 Å². The van der Waals surface area contributed by atoms with Gasteiger partial charge >= 0.3 is 11.9 Å². The van der Waals surface area contributed by atoms with Crippen molar-refractivity contribution in [1.29, 1.82) is 0 Å². The first kappa shape index (κ1) is 74.8. The molecule has 0 aliphatic carbocycles. The number of Topliss-reactive ketones (excluding diaryl/α,β-unsaturated/α-hetero) is 2. The number of rotatable bonds is 50. The predicted molar refractivity (Wildman–Crippen MR) is 275 cm³/mol. The largest absolute Gasteiger partial charge is 0.511 e. The molecule has 0 bridgehead atoms.